The quantitative estimate of drug-likeness (QED) is 0.867. The third-order valence-corrected chi connectivity index (χ3v) is 4.58. The zero-order valence-corrected chi connectivity index (χ0v) is 12.7. The van der Waals surface area contributed by atoms with Gasteiger partial charge in [0.15, 0.2) is 0 Å². The van der Waals surface area contributed by atoms with Gasteiger partial charge in [0.05, 0.1) is 6.10 Å². The summed E-state index contributed by atoms with van der Waals surface area (Å²) in [6.45, 7) is 3.62. The Balaban J connectivity index is 1.62. The van der Waals surface area contributed by atoms with Crippen molar-refractivity contribution in [2.75, 3.05) is 23.8 Å². The SMILES string of the molecule is CCOC1CC(CC(=O)N2CCCc3cc(N)ccc32)C1. The number of fused-ring (bicyclic) bond motifs is 1. The summed E-state index contributed by atoms with van der Waals surface area (Å²) >= 11 is 0. The predicted octanol–water partition coefficient (Wildman–Crippen LogP) is 2.75. The van der Waals surface area contributed by atoms with Crippen LogP contribution in [0.3, 0.4) is 0 Å². The van der Waals surface area contributed by atoms with Gasteiger partial charge < -0.3 is 15.4 Å². The first-order chi connectivity index (χ1) is 10.2. The van der Waals surface area contributed by atoms with Gasteiger partial charge in [-0.1, -0.05) is 0 Å². The number of carbonyl (C=O) groups is 1. The molecule has 0 spiro atoms. The van der Waals surface area contributed by atoms with Crippen LogP contribution < -0.4 is 10.6 Å². The van der Waals surface area contributed by atoms with Crippen LogP contribution in [0.4, 0.5) is 11.4 Å². The first-order valence-electron chi connectivity index (χ1n) is 7.97. The van der Waals surface area contributed by atoms with E-state index in [0.717, 1.165) is 50.2 Å². The number of anilines is 2. The van der Waals surface area contributed by atoms with Gasteiger partial charge in [-0.3, -0.25) is 4.79 Å². The van der Waals surface area contributed by atoms with Crippen LogP contribution in [0, 0.1) is 5.92 Å². The molecule has 4 heteroatoms. The van der Waals surface area contributed by atoms with Crippen molar-refractivity contribution in [1.29, 1.82) is 0 Å². The molecule has 21 heavy (non-hydrogen) atoms. The van der Waals surface area contributed by atoms with Crippen molar-refractivity contribution >= 4 is 17.3 Å². The van der Waals surface area contributed by atoms with E-state index in [-0.39, 0.29) is 5.91 Å². The largest absolute Gasteiger partial charge is 0.399 e. The third kappa shape index (κ3) is 3.05. The van der Waals surface area contributed by atoms with E-state index in [1.165, 1.54) is 5.56 Å². The number of rotatable bonds is 4. The highest BCUT2D eigenvalue weighted by atomic mass is 16.5. The van der Waals surface area contributed by atoms with Gasteiger partial charge in [-0.05, 0) is 62.3 Å². The standard InChI is InChI=1S/C17H24N2O2/c1-2-21-15-8-12(9-15)10-17(20)19-7-3-4-13-11-14(18)5-6-16(13)19/h5-6,11-12,15H,2-4,7-10,18H2,1H3. The molecule has 1 aromatic rings. The molecule has 4 nitrogen and oxygen atoms in total. The van der Waals surface area contributed by atoms with Crippen LogP contribution in [0.5, 0.6) is 0 Å². The number of nitrogen functional groups attached to an aromatic ring is 1. The Morgan fingerprint density at radius 1 is 1.43 bits per heavy atom. The summed E-state index contributed by atoms with van der Waals surface area (Å²) in [5.74, 6) is 0.744. The summed E-state index contributed by atoms with van der Waals surface area (Å²) in [6, 6.07) is 5.88. The molecule has 114 valence electrons. The topological polar surface area (TPSA) is 55.6 Å². The molecule has 1 aromatic carbocycles. The number of aryl methyl sites for hydroxylation is 1. The molecular weight excluding hydrogens is 264 g/mol. The summed E-state index contributed by atoms with van der Waals surface area (Å²) in [5, 5.41) is 0. The van der Waals surface area contributed by atoms with Crippen molar-refractivity contribution in [3.8, 4) is 0 Å². The highest BCUT2D eigenvalue weighted by Gasteiger charge is 2.33. The maximum absolute atomic E-state index is 12.6. The highest BCUT2D eigenvalue weighted by molar-refractivity contribution is 5.95. The van der Waals surface area contributed by atoms with Crippen molar-refractivity contribution < 1.29 is 9.53 Å². The van der Waals surface area contributed by atoms with Crippen LogP contribution in [0.15, 0.2) is 18.2 Å². The van der Waals surface area contributed by atoms with Gasteiger partial charge >= 0.3 is 0 Å². The van der Waals surface area contributed by atoms with Gasteiger partial charge in [-0.25, -0.2) is 0 Å². The molecule has 1 saturated carbocycles. The Kier molecular flexibility index (Phi) is 4.15. The van der Waals surface area contributed by atoms with E-state index >= 15 is 0 Å². The zero-order chi connectivity index (χ0) is 14.8. The number of ether oxygens (including phenoxy) is 1. The number of benzene rings is 1. The van der Waals surface area contributed by atoms with E-state index in [2.05, 4.69) is 0 Å². The molecule has 0 saturated heterocycles. The van der Waals surface area contributed by atoms with Crippen molar-refractivity contribution in [2.45, 2.75) is 45.1 Å². The second kappa shape index (κ2) is 6.06. The number of hydrogen-bond donors (Lipinski definition) is 1. The molecular formula is C17H24N2O2. The average molecular weight is 288 g/mol. The van der Waals surface area contributed by atoms with E-state index in [9.17, 15) is 4.79 Å². The number of amides is 1. The van der Waals surface area contributed by atoms with Crippen LogP contribution in [-0.4, -0.2) is 25.2 Å². The van der Waals surface area contributed by atoms with E-state index in [1.807, 2.05) is 30.0 Å². The predicted molar refractivity (Wildman–Crippen MR) is 84.3 cm³/mol. The van der Waals surface area contributed by atoms with Gasteiger partial charge in [0.25, 0.3) is 0 Å². The first kappa shape index (κ1) is 14.4. The van der Waals surface area contributed by atoms with E-state index in [4.69, 9.17) is 10.5 Å². The average Bonchev–Trinajstić information content (AvgIpc) is 2.44. The molecule has 0 unspecified atom stereocenters. The molecule has 1 amide bonds. The minimum absolute atomic E-state index is 0.251. The Morgan fingerprint density at radius 2 is 2.24 bits per heavy atom. The van der Waals surface area contributed by atoms with Crippen LogP contribution in [0.2, 0.25) is 0 Å². The molecule has 0 radical (unpaired) electrons. The second-order valence-electron chi connectivity index (χ2n) is 6.16. The van der Waals surface area contributed by atoms with E-state index in [1.54, 1.807) is 0 Å². The number of hydrogen-bond acceptors (Lipinski definition) is 3. The lowest BCUT2D eigenvalue weighted by atomic mass is 9.79. The molecule has 1 aliphatic carbocycles. The van der Waals surface area contributed by atoms with Gasteiger partial charge in [0.2, 0.25) is 5.91 Å². The number of carbonyl (C=O) groups excluding carboxylic acids is 1. The Bertz CT molecular complexity index is 524. The lowest BCUT2D eigenvalue weighted by molar-refractivity contribution is -0.121. The van der Waals surface area contributed by atoms with Crippen LogP contribution in [0.1, 0.15) is 38.2 Å². The van der Waals surface area contributed by atoms with Gasteiger partial charge in [0.1, 0.15) is 0 Å². The van der Waals surface area contributed by atoms with Crippen molar-refractivity contribution in [2.24, 2.45) is 5.92 Å². The molecule has 2 N–H and O–H groups in total. The lowest BCUT2D eigenvalue weighted by Crippen LogP contribution is -2.40. The summed E-state index contributed by atoms with van der Waals surface area (Å²) in [7, 11) is 0. The zero-order valence-electron chi connectivity index (χ0n) is 12.7. The number of nitrogens with zero attached hydrogens (tertiary/aromatic N) is 1. The van der Waals surface area contributed by atoms with Crippen LogP contribution >= 0.6 is 0 Å². The Morgan fingerprint density at radius 3 is 3.00 bits per heavy atom. The Hall–Kier alpha value is -1.55. The summed E-state index contributed by atoms with van der Waals surface area (Å²) in [5.41, 5.74) is 8.88. The maximum Gasteiger partial charge on any atom is 0.227 e. The molecule has 3 rings (SSSR count). The fourth-order valence-electron chi connectivity index (χ4n) is 3.45. The summed E-state index contributed by atoms with van der Waals surface area (Å²) < 4.78 is 5.57. The van der Waals surface area contributed by atoms with Crippen molar-refractivity contribution in [3.63, 3.8) is 0 Å². The lowest BCUT2D eigenvalue weighted by Gasteiger charge is -2.37. The maximum atomic E-state index is 12.6. The fraction of sp³-hybridized carbons (Fsp3) is 0.588. The molecule has 1 fully saturated rings. The normalized spacial score (nSPS) is 24.3. The number of nitrogens with two attached hydrogens (primary N) is 1. The first-order valence-corrected chi connectivity index (χ1v) is 7.97. The Labute approximate surface area is 126 Å². The molecule has 0 aromatic heterocycles. The van der Waals surface area contributed by atoms with Crippen LogP contribution in [-0.2, 0) is 16.0 Å². The molecule has 0 bridgehead atoms. The fourth-order valence-corrected chi connectivity index (χ4v) is 3.45. The van der Waals surface area contributed by atoms with Gasteiger partial charge in [-0.15, -0.1) is 0 Å². The molecule has 0 atom stereocenters. The summed E-state index contributed by atoms with van der Waals surface area (Å²) in [6.07, 6.45) is 5.12. The third-order valence-electron chi connectivity index (χ3n) is 4.58. The van der Waals surface area contributed by atoms with Gasteiger partial charge in [0, 0.05) is 30.9 Å². The smallest absolute Gasteiger partial charge is 0.227 e. The van der Waals surface area contributed by atoms with Crippen LogP contribution in [0.25, 0.3) is 0 Å². The highest BCUT2D eigenvalue weighted by Crippen LogP contribution is 2.35. The second-order valence-corrected chi connectivity index (χ2v) is 6.16. The van der Waals surface area contributed by atoms with Gasteiger partial charge in [-0.2, -0.15) is 0 Å². The monoisotopic (exact) mass is 288 g/mol. The minimum atomic E-state index is 0.251. The van der Waals surface area contributed by atoms with E-state index in [0.29, 0.717) is 18.4 Å². The summed E-state index contributed by atoms with van der Waals surface area (Å²) in [4.78, 5) is 14.5. The minimum Gasteiger partial charge on any atom is -0.399 e. The van der Waals surface area contributed by atoms with Crippen molar-refractivity contribution in [1.82, 2.24) is 0 Å². The molecule has 1 aliphatic heterocycles. The van der Waals surface area contributed by atoms with E-state index < -0.39 is 0 Å². The molecule has 1 heterocycles. The molecule has 2 aliphatic rings. The van der Waals surface area contributed by atoms with Crippen molar-refractivity contribution in [3.05, 3.63) is 23.8 Å².